The van der Waals surface area contributed by atoms with E-state index in [-0.39, 0.29) is 36.3 Å². The van der Waals surface area contributed by atoms with Gasteiger partial charge in [0, 0.05) is 33.7 Å². The Morgan fingerprint density at radius 3 is 1.85 bits per heavy atom. The molecule has 4 aromatic rings. The van der Waals surface area contributed by atoms with Crippen molar-refractivity contribution in [2.45, 2.75) is 74.0 Å². The second-order valence-electron chi connectivity index (χ2n) is 13.3. The van der Waals surface area contributed by atoms with Crippen LogP contribution in [0.15, 0.2) is 24.3 Å². The van der Waals surface area contributed by atoms with E-state index in [1.54, 1.807) is 58.2 Å². The van der Waals surface area contributed by atoms with E-state index in [0.29, 0.717) is 56.3 Å². The fraction of sp³-hybridized carbons (Fsp3) is 0.412. The molecule has 2 aromatic heterocycles. The molecule has 1 N–H and O–H groups in total. The fourth-order valence-electron chi connectivity index (χ4n) is 5.27. The number of nitrogens with zero attached hydrogens (tertiary/aromatic N) is 1. The maximum Gasteiger partial charge on any atom is 0.312 e. The van der Waals surface area contributed by atoms with Crippen LogP contribution in [0.4, 0.5) is 0 Å². The van der Waals surface area contributed by atoms with E-state index in [2.05, 4.69) is 9.72 Å². The van der Waals surface area contributed by atoms with E-state index in [4.69, 9.17) is 62.7 Å². The standard InChI is InChI=1S/C17H17Cl2NO3.C11H7Cl2NO.C6H11ClO2/c1-17(2,3)16(22)23-8-20-14-11(6-9(18)7-12(14)19)10-4-5-13(21)15(10)20;12-5-3-7-6-1-2-9(15)11(6)14-10(7)8(13)4-5;1-6(2,3)5(8)9-4-7/h6-7H,4-5,8H2,1-3H3;3-4,14H,1-2H2;4H2,1-3H3. The second kappa shape index (κ2) is 14.4. The van der Waals surface area contributed by atoms with E-state index < -0.39 is 10.8 Å². The predicted molar refractivity (Wildman–Crippen MR) is 187 cm³/mol. The van der Waals surface area contributed by atoms with Crippen molar-refractivity contribution in [3.8, 4) is 0 Å². The van der Waals surface area contributed by atoms with Gasteiger partial charge in [0.25, 0.3) is 0 Å². The molecule has 0 saturated carbocycles. The third kappa shape index (κ3) is 8.11. The van der Waals surface area contributed by atoms with Gasteiger partial charge in [0.2, 0.25) is 0 Å². The molecule has 0 atom stereocenters. The molecule has 2 aliphatic carbocycles. The summed E-state index contributed by atoms with van der Waals surface area (Å²) in [6, 6.07) is 6.92. The van der Waals surface area contributed by atoms with Crippen molar-refractivity contribution in [1.82, 2.24) is 9.55 Å². The van der Waals surface area contributed by atoms with Crippen molar-refractivity contribution >= 4 is 103 Å². The highest BCUT2D eigenvalue weighted by Crippen LogP contribution is 2.39. The normalized spacial score (nSPS) is 13.9. The molecule has 2 heterocycles. The third-order valence-electron chi connectivity index (χ3n) is 7.59. The highest BCUT2D eigenvalue weighted by atomic mass is 35.5. The number of esters is 2. The van der Waals surface area contributed by atoms with Gasteiger partial charge < -0.3 is 19.0 Å². The highest BCUT2D eigenvalue weighted by molar-refractivity contribution is 6.39. The molecule has 0 amide bonds. The number of halogens is 5. The van der Waals surface area contributed by atoms with E-state index in [0.717, 1.165) is 33.8 Å². The average Bonchev–Trinajstić information content (AvgIpc) is 3.70. The van der Waals surface area contributed by atoms with Gasteiger partial charge in [-0.1, -0.05) is 58.0 Å². The van der Waals surface area contributed by atoms with Crippen LogP contribution in [0.5, 0.6) is 0 Å². The number of rotatable bonds is 3. The first-order valence-corrected chi connectivity index (χ1v) is 16.9. The number of hydrogen-bond acceptors (Lipinski definition) is 6. The molecule has 0 spiro atoms. The zero-order chi connectivity index (χ0) is 35.0. The van der Waals surface area contributed by atoms with E-state index in [1.165, 1.54) is 0 Å². The van der Waals surface area contributed by atoms with Crippen LogP contribution in [0, 0.1) is 10.8 Å². The quantitative estimate of drug-likeness (QED) is 0.165. The molecule has 0 aliphatic heterocycles. The summed E-state index contributed by atoms with van der Waals surface area (Å²) in [6.45, 7) is 10.7. The lowest BCUT2D eigenvalue weighted by Crippen LogP contribution is -2.24. The number of hydrogen-bond donors (Lipinski definition) is 1. The summed E-state index contributed by atoms with van der Waals surface area (Å²) in [5.74, 6) is -0.398. The molecule has 47 heavy (non-hydrogen) atoms. The Kier molecular flexibility index (Phi) is 11.4. The number of aromatic amines is 1. The molecular weight excluding hydrogens is 710 g/mol. The van der Waals surface area contributed by atoms with Gasteiger partial charge in [0.1, 0.15) is 0 Å². The number of fused-ring (bicyclic) bond motifs is 6. The Bertz CT molecular complexity index is 1900. The topological polar surface area (TPSA) is 107 Å². The minimum Gasteiger partial charge on any atom is -0.449 e. The first kappa shape index (κ1) is 37.1. The Labute approximate surface area is 297 Å². The Hall–Kier alpha value is -2.75. The number of nitrogens with one attached hydrogen (secondary N) is 1. The number of Topliss-reactive ketones (excluding diaryl/α,β-unsaturated/α-hetero) is 2. The minimum atomic E-state index is -0.608. The highest BCUT2D eigenvalue weighted by Gasteiger charge is 2.31. The van der Waals surface area contributed by atoms with Crippen molar-refractivity contribution < 1.29 is 28.7 Å². The average molecular weight is 745 g/mol. The van der Waals surface area contributed by atoms with E-state index >= 15 is 0 Å². The zero-order valence-corrected chi connectivity index (χ0v) is 30.6. The first-order chi connectivity index (χ1) is 21.8. The molecule has 0 fully saturated rings. The van der Waals surface area contributed by atoms with Crippen LogP contribution in [0.3, 0.4) is 0 Å². The van der Waals surface area contributed by atoms with Crippen molar-refractivity contribution in [2.75, 3.05) is 6.07 Å². The maximum atomic E-state index is 12.3. The van der Waals surface area contributed by atoms with Crippen molar-refractivity contribution in [2.24, 2.45) is 10.8 Å². The van der Waals surface area contributed by atoms with Gasteiger partial charge in [0.05, 0.1) is 43.3 Å². The Morgan fingerprint density at radius 2 is 1.28 bits per heavy atom. The molecule has 0 unspecified atom stereocenters. The predicted octanol–water partition coefficient (Wildman–Crippen LogP) is 10.00. The monoisotopic (exact) mass is 742 g/mol. The summed E-state index contributed by atoms with van der Waals surface area (Å²) in [6.07, 6.45) is 2.48. The molecule has 13 heteroatoms. The number of benzene rings is 2. The summed E-state index contributed by atoms with van der Waals surface area (Å²) in [5.41, 5.74) is 3.73. The van der Waals surface area contributed by atoms with Crippen LogP contribution in [0.25, 0.3) is 21.8 Å². The van der Waals surface area contributed by atoms with Gasteiger partial charge in [-0.3, -0.25) is 19.2 Å². The fourth-order valence-corrected chi connectivity index (χ4v) is 6.51. The lowest BCUT2D eigenvalue weighted by atomic mass is 9.97. The summed E-state index contributed by atoms with van der Waals surface area (Å²) >= 11 is 29.6. The SMILES string of the molecule is CC(C)(C)C(=O)OCCl.CC(C)(C)C(=O)OCn1c2c(c3cc(Cl)cc(Cl)c31)CCC2=O.O=C1CCc2c1[nH]c1c(Cl)cc(Cl)cc21. The van der Waals surface area contributed by atoms with Crippen LogP contribution in [-0.2, 0) is 38.6 Å². The minimum absolute atomic E-state index is 0.0327. The van der Waals surface area contributed by atoms with Crippen LogP contribution in [0.2, 0.25) is 20.1 Å². The number of carbonyl (C=O) groups excluding carboxylic acids is 4. The maximum absolute atomic E-state index is 12.3. The van der Waals surface area contributed by atoms with Gasteiger partial charge in [-0.15, -0.1) is 0 Å². The number of aromatic nitrogens is 2. The summed E-state index contributed by atoms with van der Waals surface area (Å²) in [7, 11) is 0. The zero-order valence-electron chi connectivity index (χ0n) is 26.8. The number of carbonyl (C=O) groups is 4. The van der Waals surface area contributed by atoms with Crippen LogP contribution in [0.1, 0.15) is 86.5 Å². The molecule has 0 saturated heterocycles. The third-order valence-corrected chi connectivity index (χ3v) is 8.72. The molecule has 8 nitrogen and oxygen atoms in total. The molecule has 2 aromatic carbocycles. The summed E-state index contributed by atoms with van der Waals surface area (Å²) in [4.78, 5) is 49.7. The van der Waals surface area contributed by atoms with Crippen molar-refractivity contribution in [1.29, 1.82) is 0 Å². The number of ketones is 2. The molecule has 0 radical (unpaired) electrons. The van der Waals surface area contributed by atoms with Gasteiger partial charge in [-0.05, 0) is 89.8 Å². The van der Waals surface area contributed by atoms with E-state index in [1.807, 2.05) is 12.1 Å². The number of H-pyrrole nitrogens is 1. The largest absolute Gasteiger partial charge is 0.449 e. The van der Waals surface area contributed by atoms with E-state index in [9.17, 15) is 19.2 Å². The number of aryl methyl sites for hydroxylation is 2. The van der Waals surface area contributed by atoms with Gasteiger partial charge in [-0.25, -0.2) is 0 Å². The van der Waals surface area contributed by atoms with Gasteiger partial charge in [-0.2, -0.15) is 0 Å². The van der Waals surface area contributed by atoms with Crippen LogP contribution >= 0.6 is 58.0 Å². The molecule has 2 aliphatic rings. The van der Waals surface area contributed by atoms with Gasteiger partial charge >= 0.3 is 11.9 Å². The first-order valence-electron chi connectivity index (χ1n) is 14.8. The number of alkyl halides is 1. The van der Waals surface area contributed by atoms with Crippen LogP contribution in [-0.4, -0.2) is 39.1 Å². The summed E-state index contributed by atoms with van der Waals surface area (Å²) < 4.78 is 11.6. The smallest absolute Gasteiger partial charge is 0.312 e. The Balaban J connectivity index is 0.000000178. The van der Waals surface area contributed by atoms with Crippen molar-refractivity contribution in [3.05, 3.63) is 66.9 Å². The van der Waals surface area contributed by atoms with Gasteiger partial charge in [0.15, 0.2) is 24.4 Å². The van der Waals surface area contributed by atoms with Crippen molar-refractivity contribution in [3.63, 3.8) is 0 Å². The molecule has 252 valence electrons. The lowest BCUT2D eigenvalue weighted by Gasteiger charge is -2.18. The van der Waals surface area contributed by atoms with Crippen LogP contribution < -0.4 is 0 Å². The molecule has 0 bridgehead atoms. The Morgan fingerprint density at radius 1 is 0.745 bits per heavy atom. The lowest BCUT2D eigenvalue weighted by molar-refractivity contribution is -0.156. The molecule has 6 rings (SSSR count). The number of ether oxygens (including phenoxy) is 2. The second-order valence-corrected chi connectivity index (χ2v) is 15.2. The summed E-state index contributed by atoms with van der Waals surface area (Å²) in [5, 5.41) is 3.98. The molecular formula is C34H35Cl5N2O6.